The van der Waals surface area contributed by atoms with Gasteiger partial charge in [0.05, 0.1) is 11.0 Å². The SMILES string of the molecule is C1=CNC(n2c3ccccc3c3c4ccccc4ccc32)C=C1. The molecule has 1 unspecified atom stereocenters. The average molecular weight is 296 g/mol. The Hall–Kier alpha value is -3.00. The van der Waals surface area contributed by atoms with E-state index in [0.29, 0.717) is 0 Å². The smallest absolute Gasteiger partial charge is 0.123 e. The molecule has 4 aromatic rings. The molecule has 0 saturated carbocycles. The van der Waals surface area contributed by atoms with Crippen molar-refractivity contribution < 1.29 is 0 Å². The highest BCUT2D eigenvalue weighted by atomic mass is 15.2. The van der Waals surface area contributed by atoms with Crippen LogP contribution in [0.3, 0.4) is 0 Å². The summed E-state index contributed by atoms with van der Waals surface area (Å²) in [6.45, 7) is 0. The minimum atomic E-state index is 0.142. The van der Waals surface area contributed by atoms with Crippen molar-refractivity contribution in [3.05, 3.63) is 85.1 Å². The number of nitrogens with zero attached hydrogens (tertiary/aromatic N) is 1. The Labute approximate surface area is 134 Å². The summed E-state index contributed by atoms with van der Waals surface area (Å²) in [5, 5.41) is 8.70. The zero-order valence-electron chi connectivity index (χ0n) is 12.6. The number of hydrogen-bond donors (Lipinski definition) is 1. The summed E-state index contributed by atoms with van der Waals surface area (Å²) in [6, 6.07) is 21.8. The van der Waals surface area contributed by atoms with E-state index in [1.165, 1.54) is 32.6 Å². The highest BCUT2D eigenvalue weighted by molar-refractivity contribution is 6.20. The number of hydrogen-bond acceptors (Lipinski definition) is 1. The fourth-order valence-electron chi connectivity index (χ4n) is 3.66. The molecule has 0 radical (unpaired) electrons. The minimum absolute atomic E-state index is 0.142. The van der Waals surface area contributed by atoms with Gasteiger partial charge in [0.25, 0.3) is 0 Å². The molecule has 23 heavy (non-hydrogen) atoms. The van der Waals surface area contributed by atoms with Crippen LogP contribution < -0.4 is 5.32 Å². The van der Waals surface area contributed by atoms with E-state index in [9.17, 15) is 0 Å². The number of aromatic nitrogens is 1. The summed E-state index contributed by atoms with van der Waals surface area (Å²) in [6.07, 6.45) is 8.47. The van der Waals surface area contributed by atoms with E-state index in [4.69, 9.17) is 0 Å². The second-order valence-electron chi connectivity index (χ2n) is 5.92. The Kier molecular flexibility index (Phi) is 2.59. The number of fused-ring (bicyclic) bond motifs is 5. The van der Waals surface area contributed by atoms with E-state index in [0.717, 1.165) is 0 Å². The summed E-state index contributed by atoms with van der Waals surface area (Å²) in [7, 11) is 0. The topological polar surface area (TPSA) is 17.0 Å². The van der Waals surface area contributed by atoms with Crippen molar-refractivity contribution in [1.82, 2.24) is 9.88 Å². The molecule has 0 spiro atoms. The summed E-state index contributed by atoms with van der Waals surface area (Å²) in [4.78, 5) is 0. The third kappa shape index (κ3) is 1.75. The van der Waals surface area contributed by atoms with Gasteiger partial charge in [0.2, 0.25) is 0 Å². The normalized spacial score (nSPS) is 17.1. The van der Waals surface area contributed by atoms with Crippen LogP contribution in [0, 0.1) is 0 Å². The van der Waals surface area contributed by atoms with Gasteiger partial charge in [-0.3, -0.25) is 0 Å². The van der Waals surface area contributed by atoms with Crippen molar-refractivity contribution >= 4 is 32.6 Å². The fraction of sp³-hybridized carbons (Fsp3) is 0.0476. The average Bonchev–Trinajstić information content (AvgIpc) is 2.97. The number of allylic oxidation sites excluding steroid dienone is 2. The van der Waals surface area contributed by atoms with Crippen LogP contribution in [0.5, 0.6) is 0 Å². The summed E-state index contributed by atoms with van der Waals surface area (Å²) in [5.41, 5.74) is 2.53. The first-order valence-electron chi connectivity index (χ1n) is 7.93. The second-order valence-corrected chi connectivity index (χ2v) is 5.92. The number of benzene rings is 3. The lowest BCUT2D eigenvalue weighted by molar-refractivity contribution is 0.578. The van der Waals surface area contributed by atoms with Crippen LogP contribution in [0.1, 0.15) is 6.17 Å². The maximum absolute atomic E-state index is 3.45. The summed E-state index contributed by atoms with van der Waals surface area (Å²) < 4.78 is 2.39. The largest absolute Gasteiger partial charge is 0.368 e. The highest BCUT2D eigenvalue weighted by Crippen LogP contribution is 2.36. The van der Waals surface area contributed by atoms with E-state index in [2.05, 4.69) is 82.7 Å². The van der Waals surface area contributed by atoms with Gasteiger partial charge in [-0.25, -0.2) is 0 Å². The van der Waals surface area contributed by atoms with Gasteiger partial charge < -0.3 is 9.88 Å². The molecule has 1 atom stereocenters. The second kappa shape index (κ2) is 4.75. The van der Waals surface area contributed by atoms with Gasteiger partial charge in [0, 0.05) is 10.8 Å². The first-order valence-corrected chi connectivity index (χ1v) is 7.93. The number of rotatable bonds is 1. The molecule has 0 fully saturated rings. The van der Waals surface area contributed by atoms with Gasteiger partial charge in [-0.2, -0.15) is 0 Å². The molecule has 2 nitrogen and oxygen atoms in total. The molecular weight excluding hydrogens is 280 g/mol. The molecule has 1 N–H and O–H groups in total. The van der Waals surface area contributed by atoms with Crippen molar-refractivity contribution in [3.63, 3.8) is 0 Å². The van der Waals surface area contributed by atoms with E-state index in [-0.39, 0.29) is 6.17 Å². The molecule has 0 bridgehead atoms. The number of nitrogens with one attached hydrogen (secondary N) is 1. The molecular formula is C21H16N2. The van der Waals surface area contributed by atoms with E-state index < -0.39 is 0 Å². The maximum Gasteiger partial charge on any atom is 0.123 e. The molecule has 0 amide bonds. The lowest BCUT2D eigenvalue weighted by Gasteiger charge is -2.20. The summed E-state index contributed by atoms with van der Waals surface area (Å²) >= 11 is 0. The van der Waals surface area contributed by atoms with Crippen LogP contribution >= 0.6 is 0 Å². The van der Waals surface area contributed by atoms with Crippen LogP contribution in [-0.2, 0) is 0 Å². The van der Waals surface area contributed by atoms with Crippen LogP contribution in [0.25, 0.3) is 32.6 Å². The molecule has 5 rings (SSSR count). The monoisotopic (exact) mass is 296 g/mol. The first kappa shape index (κ1) is 12.5. The molecule has 3 aromatic carbocycles. The zero-order chi connectivity index (χ0) is 15.2. The molecule has 1 aliphatic heterocycles. The lowest BCUT2D eigenvalue weighted by atomic mass is 10.0. The quantitative estimate of drug-likeness (QED) is 0.516. The van der Waals surface area contributed by atoms with Gasteiger partial charge >= 0.3 is 0 Å². The van der Waals surface area contributed by atoms with Crippen molar-refractivity contribution in [2.75, 3.05) is 0 Å². The molecule has 2 heterocycles. The van der Waals surface area contributed by atoms with Gasteiger partial charge in [-0.05, 0) is 41.3 Å². The Balaban J connectivity index is 1.98. The van der Waals surface area contributed by atoms with Crippen molar-refractivity contribution in [3.8, 4) is 0 Å². The zero-order valence-corrected chi connectivity index (χ0v) is 12.6. The minimum Gasteiger partial charge on any atom is -0.368 e. The van der Waals surface area contributed by atoms with Crippen LogP contribution in [0.15, 0.2) is 85.1 Å². The Morgan fingerprint density at radius 2 is 1.57 bits per heavy atom. The van der Waals surface area contributed by atoms with Crippen LogP contribution in [-0.4, -0.2) is 4.57 Å². The number of dihydropyridines is 1. The number of para-hydroxylation sites is 1. The molecule has 1 aliphatic rings. The Morgan fingerprint density at radius 1 is 0.739 bits per heavy atom. The maximum atomic E-state index is 3.45. The Morgan fingerprint density at radius 3 is 2.43 bits per heavy atom. The predicted octanol–water partition coefficient (Wildman–Crippen LogP) is 5.12. The molecule has 0 aliphatic carbocycles. The van der Waals surface area contributed by atoms with Crippen molar-refractivity contribution in [1.29, 1.82) is 0 Å². The predicted molar refractivity (Wildman–Crippen MR) is 97.4 cm³/mol. The third-order valence-corrected chi connectivity index (χ3v) is 4.65. The summed E-state index contributed by atoms with van der Waals surface area (Å²) in [5.74, 6) is 0. The molecule has 110 valence electrons. The van der Waals surface area contributed by atoms with E-state index in [1.807, 2.05) is 12.3 Å². The van der Waals surface area contributed by atoms with E-state index in [1.54, 1.807) is 0 Å². The van der Waals surface area contributed by atoms with Crippen LogP contribution in [0.4, 0.5) is 0 Å². The highest BCUT2D eigenvalue weighted by Gasteiger charge is 2.17. The van der Waals surface area contributed by atoms with E-state index >= 15 is 0 Å². The van der Waals surface area contributed by atoms with Crippen molar-refractivity contribution in [2.24, 2.45) is 0 Å². The first-order chi connectivity index (χ1) is 11.4. The van der Waals surface area contributed by atoms with Gasteiger partial charge in [-0.15, -0.1) is 0 Å². The molecule has 0 saturated heterocycles. The van der Waals surface area contributed by atoms with Gasteiger partial charge in [-0.1, -0.05) is 54.6 Å². The molecule has 2 heteroatoms. The van der Waals surface area contributed by atoms with Gasteiger partial charge in [0.15, 0.2) is 0 Å². The third-order valence-electron chi connectivity index (χ3n) is 4.65. The standard InChI is InChI=1S/C21H16N2/c1-2-8-16-15(7-1)12-13-19-21(16)17-9-3-4-10-18(17)23(19)20-11-5-6-14-22-20/h1-14,20,22H. The van der Waals surface area contributed by atoms with Crippen molar-refractivity contribution in [2.45, 2.75) is 6.17 Å². The molecule has 1 aromatic heterocycles. The van der Waals surface area contributed by atoms with Crippen LogP contribution in [0.2, 0.25) is 0 Å². The lowest BCUT2D eigenvalue weighted by Crippen LogP contribution is -2.21. The fourth-order valence-corrected chi connectivity index (χ4v) is 3.66. The Bertz CT molecular complexity index is 1100. The van der Waals surface area contributed by atoms with Gasteiger partial charge in [0.1, 0.15) is 6.17 Å².